The Morgan fingerprint density at radius 3 is 1.89 bits per heavy atom. The fraction of sp³-hybridized carbons (Fsp3) is 0.577. The van der Waals surface area contributed by atoms with Gasteiger partial charge in [-0.25, -0.2) is 4.79 Å². The van der Waals surface area contributed by atoms with Crippen LogP contribution in [-0.4, -0.2) is 69.6 Å². The highest BCUT2D eigenvalue weighted by Gasteiger charge is 2.64. The lowest BCUT2D eigenvalue weighted by Gasteiger charge is -2.46. The summed E-state index contributed by atoms with van der Waals surface area (Å²) < 4.78 is 0. The second-order valence-electron chi connectivity index (χ2n) is 9.83. The third-order valence-corrected chi connectivity index (χ3v) is 6.75. The summed E-state index contributed by atoms with van der Waals surface area (Å²) in [4.78, 5) is 67.8. The Labute approximate surface area is 217 Å². The molecule has 0 aliphatic heterocycles. The number of carbonyl (C=O) groups is 5. The van der Waals surface area contributed by atoms with Crippen LogP contribution in [0.2, 0.25) is 0 Å². The van der Waals surface area contributed by atoms with Crippen molar-refractivity contribution in [3.05, 3.63) is 35.9 Å². The third-order valence-electron chi connectivity index (χ3n) is 6.75. The molecule has 1 rings (SSSR count). The van der Waals surface area contributed by atoms with Gasteiger partial charge in [0.25, 0.3) is 0 Å². The number of nitrogens with zero attached hydrogens (tertiary/aromatic N) is 1. The number of hydrogen-bond donors (Lipinski definition) is 5. The zero-order chi connectivity index (χ0) is 28.7. The van der Waals surface area contributed by atoms with E-state index in [0.29, 0.717) is 12.0 Å². The highest BCUT2D eigenvalue weighted by Crippen LogP contribution is 2.36. The van der Waals surface area contributed by atoms with Crippen molar-refractivity contribution in [2.75, 3.05) is 6.54 Å². The molecule has 37 heavy (non-hydrogen) atoms. The van der Waals surface area contributed by atoms with E-state index in [1.807, 2.05) is 0 Å². The minimum absolute atomic E-state index is 0.0387. The normalized spacial score (nSPS) is 17.1. The highest BCUT2D eigenvalue weighted by atomic mass is 16.4. The first-order valence-corrected chi connectivity index (χ1v) is 12.4. The Morgan fingerprint density at radius 2 is 1.49 bits per heavy atom. The van der Waals surface area contributed by atoms with Crippen molar-refractivity contribution in [3.63, 3.8) is 0 Å². The Bertz CT molecular complexity index is 983. The van der Waals surface area contributed by atoms with Crippen LogP contribution in [0, 0.1) is 17.8 Å². The summed E-state index contributed by atoms with van der Waals surface area (Å²) in [5.74, 6) is -9.26. The van der Waals surface area contributed by atoms with E-state index >= 15 is 0 Å². The fourth-order valence-electron chi connectivity index (χ4n) is 4.46. The van der Waals surface area contributed by atoms with Gasteiger partial charge in [0.1, 0.15) is 0 Å². The molecular formula is C26H41N5O6. The van der Waals surface area contributed by atoms with Gasteiger partial charge in [-0.3, -0.25) is 24.1 Å². The number of rotatable bonds is 14. The number of carboxylic acid groups (broad SMARTS) is 1. The number of carbonyl (C=O) groups excluding carboxylic acids is 4. The lowest BCUT2D eigenvalue weighted by Crippen LogP contribution is -2.75. The number of imide groups is 1. The molecule has 1 aromatic rings. The van der Waals surface area contributed by atoms with E-state index < -0.39 is 77.3 Å². The van der Waals surface area contributed by atoms with Gasteiger partial charge in [-0.05, 0) is 30.7 Å². The monoisotopic (exact) mass is 519 g/mol. The molecular weight excluding hydrogens is 478 g/mol. The lowest BCUT2D eigenvalue weighted by molar-refractivity contribution is -0.179. The fourth-order valence-corrected chi connectivity index (χ4v) is 4.46. The van der Waals surface area contributed by atoms with Crippen molar-refractivity contribution in [3.8, 4) is 0 Å². The number of carboxylic acids is 1. The summed E-state index contributed by atoms with van der Waals surface area (Å²) in [6.07, 6.45) is 0.462. The van der Waals surface area contributed by atoms with Crippen molar-refractivity contribution in [2.24, 2.45) is 40.7 Å². The number of hydrogen-bond acceptors (Lipinski definition) is 9. The third kappa shape index (κ3) is 6.67. The Kier molecular flexibility index (Phi) is 11.7. The quantitative estimate of drug-likeness (QED) is 0.204. The van der Waals surface area contributed by atoms with Gasteiger partial charge >= 0.3 is 5.97 Å². The number of Topliss-reactive ketones (excluding diaryl/α,β-unsaturated/α-hetero) is 2. The molecule has 0 heterocycles. The number of amides is 2. The van der Waals surface area contributed by atoms with Crippen LogP contribution in [-0.2, 0) is 30.4 Å². The molecule has 11 heteroatoms. The van der Waals surface area contributed by atoms with E-state index in [2.05, 4.69) is 0 Å². The van der Waals surface area contributed by atoms with Gasteiger partial charge in [0.05, 0.1) is 30.6 Å². The molecule has 9 N–H and O–H groups in total. The van der Waals surface area contributed by atoms with Gasteiger partial charge in [0.15, 0.2) is 11.6 Å². The largest absolute Gasteiger partial charge is 0.479 e. The molecule has 0 aliphatic carbocycles. The van der Waals surface area contributed by atoms with Crippen LogP contribution in [0.1, 0.15) is 46.6 Å². The highest BCUT2D eigenvalue weighted by molar-refractivity contribution is 6.19. The number of benzene rings is 1. The van der Waals surface area contributed by atoms with Crippen LogP contribution < -0.4 is 22.9 Å². The Balaban J connectivity index is 3.94. The summed E-state index contributed by atoms with van der Waals surface area (Å²) in [7, 11) is 0. The molecule has 6 atom stereocenters. The summed E-state index contributed by atoms with van der Waals surface area (Å²) >= 11 is 0. The Hall–Kier alpha value is -2.99. The molecule has 2 amide bonds. The minimum Gasteiger partial charge on any atom is -0.479 e. The first-order chi connectivity index (χ1) is 17.2. The molecule has 206 valence electrons. The van der Waals surface area contributed by atoms with E-state index in [0.717, 1.165) is 0 Å². The lowest BCUT2D eigenvalue weighted by atomic mass is 9.68. The standard InChI is InChI=1S/C26H41N5O6/c1-6-15(4)21(30)24(35)31(23(34)16(5)28)26(25(36)37,19(32)13-27)20(14(2)3)22(33)18(29)12-17-10-8-7-9-11-17/h7-11,14-16,18,20-21H,6,12-13,27-30H2,1-5H3,(H,36,37). The molecule has 0 bridgehead atoms. The zero-order valence-corrected chi connectivity index (χ0v) is 22.2. The summed E-state index contributed by atoms with van der Waals surface area (Å²) in [6.45, 7) is 6.79. The minimum atomic E-state index is -3.00. The van der Waals surface area contributed by atoms with Crippen molar-refractivity contribution >= 4 is 29.4 Å². The first kappa shape index (κ1) is 32.0. The molecule has 0 spiro atoms. The van der Waals surface area contributed by atoms with Gasteiger partial charge in [-0.1, -0.05) is 64.4 Å². The maximum atomic E-state index is 13.8. The molecule has 0 fully saturated rings. The van der Waals surface area contributed by atoms with Gasteiger partial charge in [-0.2, -0.15) is 0 Å². The number of ketones is 2. The predicted molar refractivity (Wildman–Crippen MR) is 139 cm³/mol. The molecule has 0 aliphatic rings. The predicted octanol–water partition coefficient (Wildman–Crippen LogP) is -0.175. The van der Waals surface area contributed by atoms with E-state index in [4.69, 9.17) is 22.9 Å². The van der Waals surface area contributed by atoms with Crippen LogP contribution in [0.15, 0.2) is 30.3 Å². The summed E-state index contributed by atoms with van der Waals surface area (Å²) in [5, 5.41) is 10.6. The van der Waals surface area contributed by atoms with Crippen molar-refractivity contribution in [1.82, 2.24) is 4.90 Å². The van der Waals surface area contributed by atoms with Crippen LogP contribution >= 0.6 is 0 Å². The first-order valence-electron chi connectivity index (χ1n) is 12.4. The summed E-state index contributed by atoms with van der Waals surface area (Å²) in [5.41, 5.74) is 21.5. The smallest absolute Gasteiger partial charge is 0.338 e. The second-order valence-corrected chi connectivity index (χ2v) is 9.83. The molecule has 0 saturated carbocycles. The van der Waals surface area contributed by atoms with E-state index in [1.165, 1.54) is 20.8 Å². The molecule has 6 unspecified atom stereocenters. The van der Waals surface area contributed by atoms with Gasteiger partial charge in [0.2, 0.25) is 17.4 Å². The van der Waals surface area contributed by atoms with Crippen molar-refractivity contribution in [2.45, 2.75) is 71.1 Å². The molecule has 0 aromatic heterocycles. The van der Waals surface area contributed by atoms with Crippen molar-refractivity contribution < 1.29 is 29.1 Å². The zero-order valence-electron chi connectivity index (χ0n) is 22.2. The van der Waals surface area contributed by atoms with E-state index in [1.54, 1.807) is 44.2 Å². The Morgan fingerprint density at radius 1 is 0.946 bits per heavy atom. The SMILES string of the molecule is CCC(C)C(N)C(=O)N(C(=O)C(C)N)C(C(=O)O)(C(=O)CN)C(C(=O)C(N)Cc1ccccc1)C(C)C. The maximum Gasteiger partial charge on any atom is 0.338 e. The van der Waals surface area contributed by atoms with Crippen LogP contribution in [0.25, 0.3) is 0 Å². The van der Waals surface area contributed by atoms with Gasteiger partial charge in [-0.15, -0.1) is 0 Å². The average molecular weight is 520 g/mol. The number of aliphatic carboxylic acids is 1. The molecule has 0 saturated heterocycles. The van der Waals surface area contributed by atoms with Gasteiger partial charge in [0, 0.05) is 0 Å². The maximum absolute atomic E-state index is 13.8. The summed E-state index contributed by atoms with van der Waals surface area (Å²) in [6, 6.07) is 4.79. The molecule has 11 nitrogen and oxygen atoms in total. The number of nitrogens with two attached hydrogens (primary N) is 4. The van der Waals surface area contributed by atoms with E-state index in [9.17, 15) is 29.1 Å². The second kappa shape index (κ2) is 13.5. The molecule has 1 aromatic carbocycles. The van der Waals surface area contributed by atoms with Gasteiger partial charge < -0.3 is 28.0 Å². The molecule has 0 radical (unpaired) electrons. The van der Waals surface area contributed by atoms with Crippen molar-refractivity contribution in [1.29, 1.82) is 0 Å². The van der Waals surface area contributed by atoms with Crippen LogP contribution in [0.4, 0.5) is 0 Å². The topological polar surface area (TPSA) is 213 Å². The van der Waals surface area contributed by atoms with Crippen LogP contribution in [0.5, 0.6) is 0 Å². The van der Waals surface area contributed by atoms with Crippen LogP contribution in [0.3, 0.4) is 0 Å². The average Bonchev–Trinajstić information content (AvgIpc) is 2.86. The van der Waals surface area contributed by atoms with E-state index in [-0.39, 0.29) is 11.3 Å².